The van der Waals surface area contributed by atoms with Crippen LogP contribution in [0.5, 0.6) is 5.75 Å². The minimum atomic E-state index is -1.08. The van der Waals surface area contributed by atoms with E-state index in [1.807, 2.05) is 0 Å². The van der Waals surface area contributed by atoms with Gasteiger partial charge < -0.3 is 10.1 Å². The maximum Gasteiger partial charge on any atom is 0.265 e. The van der Waals surface area contributed by atoms with Crippen molar-refractivity contribution in [3.8, 4) is 5.75 Å². The van der Waals surface area contributed by atoms with E-state index in [4.69, 9.17) is 4.74 Å². The Morgan fingerprint density at radius 3 is 2.45 bits per heavy atom. The van der Waals surface area contributed by atoms with Crippen LogP contribution in [0.15, 0.2) is 40.9 Å². The zero-order valence-corrected chi connectivity index (χ0v) is 13.0. The standard InChI is InChI=1S/C15H11BrF3NO2/c1-8(22-10-3-4-11(17)12(18)7-10)15(21)20-14-5-2-9(16)6-13(14)19/h2-8H,1H3,(H,20,21)/t8-/m0/s1. The molecule has 0 spiro atoms. The normalized spacial score (nSPS) is 11.9. The quantitative estimate of drug-likeness (QED) is 0.868. The molecule has 2 aromatic carbocycles. The van der Waals surface area contributed by atoms with Crippen LogP contribution in [-0.4, -0.2) is 12.0 Å². The first-order valence-electron chi connectivity index (χ1n) is 6.24. The average Bonchev–Trinajstić information content (AvgIpc) is 2.45. The molecule has 0 aromatic heterocycles. The second-order valence-electron chi connectivity index (χ2n) is 4.45. The lowest BCUT2D eigenvalue weighted by molar-refractivity contribution is -0.122. The van der Waals surface area contributed by atoms with E-state index in [-0.39, 0.29) is 11.4 Å². The zero-order valence-electron chi connectivity index (χ0n) is 11.4. The van der Waals surface area contributed by atoms with Gasteiger partial charge >= 0.3 is 0 Å². The third-order valence-electron chi connectivity index (χ3n) is 2.76. The minimum Gasteiger partial charge on any atom is -0.481 e. The molecule has 1 atom stereocenters. The number of benzene rings is 2. The van der Waals surface area contributed by atoms with Gasteiger partial charge in [-0.05, 0) is 37.3 Å². The molecule has 3 nitrogen and oxygen atoms in total. The highest BCUT2D eigenvalue weighted by Gasteiger charge is 2.17. The van der Waals surface area contributed by atoms with Gasteiger partial charge in [-0.3, -0.25) is 4.79 Å². The summed E-state index contributed by atoms with van der Waals surface area (Å²) in [5.41, 5.74) is -0.00561. The summed E-state index contributed by atoms with van der Waals surface area (Å²) in [4.78, 5) is 11.9. The fraction of sp³-hybridized carbons (Fsp3) is 0.133. The molecule has 0 fully saturated rings. The summed E-state index contributed by atoms with van der Waals surface area (Å²) < 4.78 is 45.2. The van der Waals surface area contributed by atoms with E-state index in [0.29, 0.717) is 4.47 Å². The van der Waals surface area contributed by atoms with E-state index in [2.05, 4.69) is 21.2 Å². The van der Waals surface area contributed by atoms with E-state index in [1.54, 1.807) is 6.07 Å². The summed E-state index contributed by atoms with van der Waals surface area (Å²) in [6, 6.07) is 7.09. The van der Waals surface area contributed by atoms with Crippen molar-refractivity contribution in [3.63, 3.8) is 0 Å². The largest absolute Gasteiger partial charge is 0.481 e. The number of hydrogen-bond acceptors (Lipinski definition) is 2. The Labute approximate surface area is 133 Å². The Morgan fingerprint density at radius 2 is 1.82 bits per heavy atom. The second-order valence-corrected chi connectivity index (χ2v) is 5.37. The monoisotopic (exact) mass is 373 g/mol. The molecule has 2 rings (SSSR count). The summed E-state index contributed by atoms with van der Waals surface area (Å²) in [6.07, 6.45) is -1.02. The van der Waals surface area contributed by atoms with E-state index in [1.165, 1.54) is 25.1 Å². The summed E-state index contributed by atoms with van der Waals surface area (Å²) >= 11 is 3.10. The molecular weight excluding hydrogens is 363 g/mol. The predicted molar refractivity (Wildman–Crippen MR) is 79.2 cm³/mol. The lowest BCUT2D eigenvalue weighted by Gasteiger charge is -2.15. The molecule has 0 saturated heterocycles. The van der Waals surface area contributed by atoms with Crippen molar-refractivity contribution in [2.75, 3.05) is 5.32 Å². The van der Waals surface area contributed by atoms with Crippen LogP contribution in [0.25, 0.3) is 0 Å². The molecule has 7 heteroatoms. The van der Waals surface area contributed by atoms with E-state index in [9.17, 15) is 18.0 Å². The summed E-state index contributed by atoms with van der Waals surface area (Å²) in [7, 11) is 0. The summed E-state index contributed by atoms with van der Waals surface area (Å²) in [5, 5.41) is 2.36. The smallest absolute Gasteiger partial charge is 0.265 e. The Kier molecular flexibility index (Phi) is 5.07. The van der Waals surface area contributed by atoms with Crippen LogP contribution in [0.4, 0.5) is 18.9 Å². The molecule has 0 heterocycles. The van der Waals surface area contributed by atoms with Gasteiger partial charge in [0.15, 0.2) is 17.7 Å². The Bertz CT molecular complexity index is 709. The Balaban J connectivity index is 2.04. The average molecular weight is 374 g/mol. The summed E-state index contributed by atoms with van der Waals surface area (Å²) in [5.74, 6) is -3.32. The molecule has 1 N–H and O–H groups in total. The number of hydrogen-bond donors (Lipinski definition) is 1. The van der Waals surface area contributed by atoms with Crippen LogP contribution in [0.3, 0.4) is 0 Å². The van der Waals surface area contributed by atoms with Crippen LogP contribution in [-0.2, 0) is 4.79 Å². The van der Waals surface area contributed by atoms with Crippen LogP contribution in [0, 0.1) is 17.5 Å². The van der Waals surface area contributed by atoms with Crippen molar-refractivity contribution < 1.29 is 22.7 Å². The highest BCUT2D eigenvalue weighted by atomic mass is 79.9. The van der Waals surface area contributed by atoms with Crippen LogP contribution in [0.2, 0.25) is 0 Å². The number of carbonyl (C=O) groups is 1. The highest BCUT2D eigenvalue weighted by molar-refractivity contribution is 9.10. The number of carbonyl (C=O) groups excluding carboxylic acids is 1. The number of ether oxygens (including phenoxy) is 1. The topological polar surface area (TPSA) is 38.3 Å². The molecule has 22 heavy (non-hydrogen) atoms. The first-order chi connectivity index (χ1) is 10.4. The van der Waals surface area contributed by atoms with Gasteiger partial charge in [0.2, 0.25) is 0 Å². The van der Waals surface area contributed by atoms with Gasteiger partial charge in [0.1, 0.15) is 11.6 Å². The van der Waals surface area contributed by atoms with Crippen molar-refractivity contribution in [3.05, 3.63) is 58.3 Å². The molecule has 1 amide bonds. The number of rotatable bonds is 4. The molecule has 0 saturated carbocycles. The maximum atomic E-state index is 13.6. The van der Waals surface area contributed by atoms with E-state index < -0.39 is 29.5 Å². The van der Waals surface area contributed by atoms with Gasteiger partial charge in [-0.2, -0.15) is 0 Å². The van der Waals surface area contributed by atoms with E-state index >= 15 is 0 Å². The Morgan fingerprint density at radius 1 is 1.09 bits per heavy atom. The first-order valence-corrected chi connectivity index (χ1v) is 7.03. The van der Waals surface area contributed by atoms with Crippen molar-refractivity contribution in [2.45, 2.75) is 13.0 Å². The van der Waals surface area contributed by atoms with E-state index in [0.717, 1.165) is 12.1 Å². The third-order valence-corrected chi connectivity index (χ3v) is 3.26. The van der Waals surface area contributed by atoms with Crippen LogP contribution >= 0.6 is 15.9 Å². The molecule has 116 valence electrons. The Hall–Kier alpha value is -2.02. The lowest BCUT2D eigenvalue weighted by atomic mass is 10.2. The van der Waals surface area contributed by atoms with Crippen LogP contribution < -0.4 is 10.1 Å². The predicted octanol–water partition coefficient (Wildman–Crippen LogP) is 4.27. The molecule has 0 aliphatic heterocycles. The van der Waals surface area contributed by atoms with Gasteiger partial charge in [0.05, 0.1) is 5.69 Å². The molecular formula is C15H11BrF3NO2. The zero-order chi connectivity index (χ0) is 16.3. The SMILES string of the molecule is C[C@H](Oc1ccc(F)c(F)c1)C(=O)Nc1ccc(Br)cc1F. The lowest BCUT2D eigenvalue weighted by Crippen LogP contribution is -2.30. The number of nitrogens with one attached hydrogen (secondary N) is 1. The minimum absolute atomic E-state index is 0.00201. The molecule has 0 bridgehead atoms. The van der Waals surface area contributed by atoms with Crippen molar-refractivity contribution in [1.82, 2.24) is 0 Å². The van der Waals surface area contributed by atoms with Gasteiger partial charge in [0, 0.05) is 10.5 Å². The first kappa shape index (κ1) is 16.4. The number of anilines is 1. The molecule has 0 unspecified atom stereocenters. The van der Waals surface area contributed by atoms with Crippen molar-refractivity contribution in [2.24, 2.45) is 0 Å². The fourth-order valence-electron chi connectivity index (χ4n) is 1.63. The summed E-state index contributed by atoms with van der Waals surface area (Å²) in [6.45, 7) is 1.41. The fourth-order valence-corrected chi connectivity index (χ4v) is 1.97. The van der Waals surface area contributed by atoms with Crippen molar-refractivity contribution in [1.29, 1.82) is 0 Å². The molecule has 0 radical (unpaired) electrons. The molecule has 2 aromatic rings. The van der Waals surface area contributed by atoms with Gasteiger partial charge in [-0.15, -0.1) is 0 Å². The molecule has 0 aliphatic rings. The van der Waals surface area contributed by atoms with Crippen molar-refractivity contribution >= 4 is 27.5 Å². The second kappa shape index (κ2) is 6.83. The number of amides is 1. The third kappa shape index (κ3) is 4.00. The highest BCUT2D eigenvalue weighted by Crippen LogP contribution is 2.20. The maximum absolute atomic E-state index is 13.6. The number of halogens is 4. The van der Waals surface area contributed by atoms with Gasteiger partial charge in [-0.25, -0.2) is 13.2 Å². The van der Waals surface area contributed by atoms with Crippen LogP contribution in [0.1, 0.15) is 6.92 Å². The van der Waals surface area contributed by atoms with Gasteiger partial charge in [0.25, 0.3) is 5.91 Å². The molecule has 0 aliphatic carbocycles. The van der Waals surface area contributed by atoms with Gasteiger partial charge in [-0.1, -0.05) is 15.9 Å².